The van der Waals surface area contributed by atoms with Crippen molar-refractivity contribution in [2.75, 3.05) is 0 Å². The summed E-state index contributed by atoms with van der Waals surface area (Å²) in [5.41, 5.74) is 7.22. The summed E-state index contributed by atoms with van der Waals surface area (Å²) in [4.78, 5) is 48.9. The lowest BCUT2D eigenvalue weighted by molar-refractivity contribution is -2.00. The number of halogens is 4. The Kier molecular flexibility index (Phi) is 37.0. The van der Waals surface area contributed by atoms with Crippen molar-refractivity contribution in [1.29, 1.82) is 0 Å². The Morgan fingerprint density at radius 1 is 0.338 bits per heavy atom. The summed E-state index contributed by atoms with van der Waals surface area (Å²) < 4.78 is 145. The molecule has 0 aromatic carbocycles. The van der Waals surface area contributed by atoms with Gasteiger partial charge in [-0.15, -0.1) is 41.0 Å². The summed E-state index contributed by atoms with van der Waals surface area (Å²) in [5.74, 6) is 0. The van der Waals surface area contributed by atoms with Crippen molar-refractivity contribution in [3.05, 3.63) is 181 Å². The van der Waals surface area contributed by atoms with Crippen LogP contribution in [-0.2, 0) is 43.8 Å². The molecule has 0 radical (unpaired) electrons. The number of hydrogen-bond donors (Lipinski definition) is 1. The van der Waals surface area contributed by atoms with Gasteiger partial charge in [-0.05, 0) is 0 Å². The second-order valence-electron chi connectivity index (χ2n) is 12.6. The fraction of sp³-hybridized carbons (Fsp3) is 0.167. The molecule has 71 heavy (non-hydrogen) atoms. The topological polar surface area (TPSA) is 607 Å². The van der Waals surface area contributed by atoms with E-state index in [2.05, 4.69) is 113 Å². The van der Waals surface area contributed by atoms with E-state index in [1.54, 1.807) is 0 Å². The van der Waals surface area contributed by atoms with Crippen molar-refractivity contribution in [1.82, 2.24) is 9.80 Å². The molecule has 6 aromatic rings. The zero-order valence-electron chi connectivity index (χ0n) is 36.2. The molecule has 0 aliphatic carbocycles. The summed E-state index contributed by atoms with van der Waals surface area (Å²) >= 11 is 0. The highest BCUT2D eigenvalue weighted by Gasteiger charge is 2.18. The molecule has 30 nitrogen and oxygen atoms in total. The van der Waals surface area contributed by atoms with Gasteiger partial charge in [-0.2, -0.15) is 0 Å². The second kappa shape index (κ2) is 37.2. The normalized spacial score (nSPS) is 10.9. The predicted octanol–water partition coefficient (Wildman–Crippen LogP) is -20.2. The Labute approximate surface area is 411 Å². The maximum absolute atomic E-state index is 8.66. The minimum absolute atomic E-state index is 0. The molecule has 6 heterocycles. The maximum atomic E-state index is 8.66. The molecule has 0 aliphatic rings. The van der Waals surface area contributed by atoms with Crippen LogP contribution in [0.3, 0.4) is 0 Å². The van der Waals surface area contributed by atoms with Crippen LogP contribution in [0.2, 0.25) is 0 Å². The van der Waals surface area contributed by atoms with Gasteiger partial charge in [0.1, 0.15) is 0 Å². The third-order valence-corrected chi connectivity index (χ3v) is 7.00. The van der Waals surface area contributed by atoms with Crippen molar-refractivity contribution in [2.24, 2.45) is 0 Å². The quantitative estimate of drug-likeness (QED) is 0.111. The van der Waals surface area contributed by atoms with Gasteiger partial charge >= 0.3 is 0 Å². The van der Waals surface area contributed by atoms with Gasteiger partial charge in [-0.3, -0.25) is 9.80 Å². The van der Waals surface area contributed by atoms with E-state index in [9.17, 15) is 0 Å². The fourth-order valence-electron chi connectivity index (χ4n) is 4.95. The number of pyridine rings is 6. The number of rotatable bonds is 12. The molecule has 0 saturated heterocycles. The third-order valence-electron chi connectivity index (χ3n) is 7.00. The van der Waals surface area contributed by atoms with E-state index >= 15 is 0 Å². The van der Waals surface area contributed by atoms with Crippen LogP contribution < -0.4 is 114 Å². The Morgan fingerprint density at radius 3 is 0.535 bits per heavy atom. The molecule has 0 amide bonds. The molecule has 0 unspecified atom stereocenters. The molecular weight excluding hydrogens is 1070 g/mol. The molecule has 11 N–H and O–H groups in total. The lowest BCUT2D eigenvalue weighted by atomic mass is 10.2. The largest absolute Gasteiger partial charge is 0.790 e. The Bertz CT molecular complexity index is 1810. The summed E-state index contributed by atoms with van der Waals surface area (Å²) in [6.45, 7) is 5.20. The van der Waals surface area contributed by atoms with Gasteiger partial charge in [0.15, 0.2) is 71.3 Å². The molecule has 0 spiro atoms. The van der Waals surface area contributed by atoms with Gasteiger partial charge in [0.25, 0.3) is 0 Å². The number of nitrogens with zero attached hydrogens (tertiary/aromatic N) is 2. The van der Waals surface area contributed by atoms with Crippen molar-refractivity contribution in [2.45, 2.75) is 39.3 Å². The smallest absolute Gasteiger partial charge is 0.193 e. The van der Waals surface area contributed by atoms with Crippen LogP contribution >= 0.6 is 7.82 Å². The predicted molar refractivity (Wildman–Crippen MR) is 181 cm³/mol. The van der Waals surface area contributed by atoms with E-state index in [0.717, 1.165) is 39.3 Å². The molecule has 0 aliphatic heterocycles. The summed E-state index contributed by atoms with van der Waals surface area (Å²) in [7, 11) is -24.9. The second-order valence-corrected chi connectivity index (χ2v) is 16.6. The molecule has 0 saturated carbocycles. The summed E-state index contributed by atoms with van der Waals surface area (Å²) in [5, 5.41) is 0. The van der Waals surface area contributed by atoms with Crippen molar-refractivity contribution < 1.29 is 176 Å². The van der Waals surface area contributed by atoms with Crippen molar-refractivity contribution in [3.8, 4) is 0 Å². The number of aromatic nitrogens is 6. The van der Waals surface area contributed by atoms with Gasteiger partial charge < -0.3 is 30.2 Å². The highest BCUT2D eigenvalue weighted by Crippen LogP contribution is 2.11. The van der Waals surface area contributed by atoms with E-state index in [1.807, 2.05) is 73.6 Å². The zero-order valence-corrected chi connectivity index (χ0v) is 40.1. The summed E-state index contributed by atoms with van der Waals surface area (Å²) in [6, 6.07) is 37.1. The average Bonchev–Trinajstić information content (AvgIpc) is 3.20. The van der Waals surface area contributed by atoms with Crippen LogP contribution in [0, 0.1) is 41.0 Å². The maximum Gasteiger partial charge on any atom is 0.193 e. The highest BCUT2D eigenvalue weighted by molar-refractivity contribution is 7.42. The number of hydrogen-bond acceptors (Lipinski definition) is 21. The van der Waals surface area contributed by atoms with Crippen LogP contribution in [0.15, 0.2) is 146 Å². The molecule has 0 fully saturated rings. The van der Waals surface area contributed by atoms with Gasteiger partial charge in [0.2, 0.25) is 0 Å². The van der Waals surface area contributed by atoms with Crippen LogP contribution in [0.1, 0.15) is 34.2 Å². The Hall–Kier alpha value is -4.63. The minimum Gasteiger partial charge on any atom is -0.790 e. The Morgan fingerprint density at radius 2 is 0.451 bits per heavy atom. The standard InChI is InChI=1S/2C18H18N4.4ClHO4.H3O4P.2H2O/c2*1-4-10-19-16(7-1)13-22(14-17-8-2-5-11-20-17)15-18-9-3-6-12-21-18;4*2-1(3,4)5;1-5(2,3)4;;/h2*1-12H,13-15H2;4*(H,2,3,4,5);(H3,1,2,3,4);2*1H2. The van der Waals surface area contributed by atoms with E-state index in [1.165, 1.54) is 34.2 Å². The molecular formula is C36H47Cl4N8O22P. The van der Waals surface area contributed by atoms with Gasteiger partial charge in [0.05, 0.1) is 47.1 Å². The third kappa shape index (κ3) is 57.8. The van der Waals surface area contributed by atoms with Crippen LogP contribution in [0.4, 0.5) is 0 Å². The van der Waals surface area contributed by atoms with E-state index in [-0.39, 0.29) is 11.0 Å². The van der Waals surface area contributed by atoms with Gasteiger partial charge in [-0.1, -0.05) is 36.4 Å². The minimum atomic E-state index is -5.14. The first-order valence-electron chi connectivity index (χ1n) is 18.2. The lowest BCUT2D eigenvalue weighted by Crippen LogP contribution is -2.68. The van der Waals surface area contributed by atoms with Crippen molar-refractivity contribution >= 4 is 7.82 Å². The molecule has 0 bridgehead atoms. The van der Waals surface area contributed by atoms with Crippen LogP contribution in [0.25, 0.3) is 0 Å². The Balaban J connectivity index is -0.000000872. The van der Waals surface area contributed by atoms with E-state index in [0.29, 0.717) is 0 Å². The number of H-pyrrole nitrogens is 6. The molecule has 6 aromatic heterocycles. The molecule has 35 heteroatoms. The zero-order chi connectivity index (χ0) is 52.6. The fourth-order valence-corrected chi connectivity index (χ4v) is 4.95. The van der Waals surface area contributed by atoms with Crippen LogP contribution in [0.5, 0.6) is 0 Å². The summed E-state index contributed by atoms with van der Waals surface area (Å²) in [6.07, 6.45) is 11.8. The molecule has 396 valence electrons. The van der Waals surface area contributed by atoms with Gasteiger partial charge in [-0.25, -0.2) is 104 Å². The number of nitrogens with one attached hydrogen (secondary N) is 6. The average molecular weight is 1120 g/mol. The van der Waals surface area contributed by atoms with Crippen molar-refractivity contribution in [3.63, 3.8) is 0 Å². The van der Waals surface area contributed by atoms with Crippen LogP contribution in [-0.4, -0.2) is 25.6 Å². The number of aromatic amines is 6. The first-order chi connectivity index (χ1) is 31.8. The first-order valence-corrected chi connectivity index (χ1v) is 24.6. The lowest BCUT2D eigenvalue weighted by Gasteiger charge is -2.19. The van der Waals surface area contributed by atoms with E-state index in [4.69, 9.17) is 93.8 Å². The SMILES string of the molecule is O.O.O=P([O-])([O-])O.[O-][Cl+3]([O-])([O-])[O-].[O-][Cl+3]([O-])([O-])[O-].[O-][Cl+3]([O-])([O-])[O-].[O-][Cl+3]([O-])([O-])[O-].c1ccc(CN(Cc2cccc[nH+]2)Cc2cccc[nH+]2)[nH+]c1.c1ccc(CN(Cc2cccc[nH+]2)Cc2cccc[nH+]2)[nH+]c1. The molecule has 0 atom stereocenters. The monoisotopic (exact) mass is 1110 g/mol. The molecule has 6 rings (SSSR count). The van der Waals surface area contributed by atoms with Gasteiger partial charge in [0, 0.05) is 72.8 Å². The number of phosphoric acid groups is 1. The first kappa shape index (κ1) is 70.6. The van der Waals surface area contributed by atoms with E-state index < -0.39 is 48.8 Å². The highest BCUT2D eigenvalue weighted by atomic mass is 35.7.